The fourth-order valence-corrected chi connectivity index (χ4v) is 2.78. The first-order valence-electron chi connectivity index (χ1n) is 4.80. The van der Waals surface area contributed by atoms with Gasteiger partial charge in [0, 0.05) is 18.5 Å². The summed E-state index contributed by atoms with van der Waals surface area (Å²) < 4.78 is 5.68. The Morgan fingerprint density at radius 3 is 3.00 bits per heavy atom. The molecule has 14 heavy (non-hydrogen) atoms. The van der Waals surface area contributed by atoms with Crippen molar-refractivity contribution in [2.24, 2.45) is 5.73 Å². The minimum absolute atomic E-state index is 0.0643. The lowest BCUT2D eigenvalue weighted by Crippen LogP contribution is -2.36. The van der Waals surface area contributed by atoms with E-state index in [2.05, 4.69) is 12.3 Å². The Labute approximate surface area is 88.8 Å². The third-order valence-corrected chi connectivity index (χ3v) is 4.23. The molecule has 0 radical (unpaired) electrons. The van der Waals surface area contributed by atoms with E-state index in [1.54, 1.807) is 0 Å². The molecule has 0 spiro atoms. The molecule has 0 saturated carbocycles. The molecule has 1 atom stereocenters. The van der Waals surface area contributed by atoms with Crippen molar-refractivity contribution in [1.29, 1.82) is 0 Å². The molecule has 3 heteroatoms. The number of thioether (sulfide) groups is 1. The SMILES string of the molecule is CSC1(CN)CCOc2ccccc21. The maximum absolute atomic E-state index is 5.89. The number of hydrogen-bond acceptors (Lipinski definition) is 3. The van der Waals surface area contributed by atoms with Crippen LogP contribution in [0.5, 0.6) is 5.75 Å². The van der Waals surface area contributed by atoms with Crippen LogP contribution in [0.4, 0.5) is 0 Å². The molecule has 1 unspecified atom stereocenters. The van der Waals surface area contributed by atoms with E-state index in [1.165, 1.54) is 5.56 Å². The highest BCUT2D eigenvalue weighted by Crippen LogP contribution is 2.44. The maximum Gasteiger partial charge on any atom is 0.123 e. The number of rotatable bonds is 2. The standard InChI is InChI=1S/C11H15NOS/c1-14-11(8-12)6-7-13-10-5-3-2-4-9(10)11/h2-5H,6-8,12H2,1H3. The second-order valence-corrected chi connectivity index (χ2v) is 4.69. The molecule has 0 aliphatic carbocycles. The van der Waals surface area contributed by atoms with E-state index in [0.29, 0.717) is 6.54 Å². The molecule has 2 rings (SSSR count). The molecular formula is C11H15NOS. The van der Waals surface area contributed by atoms with E-state index >= 15 is 0 Å². The van der Waals surface area contributed by atoms with Gasteiger partial charge in [-0.3, -0.25) is 0 Å². The van der Waals surface area contributed by atoms with Crippen LogP contribution in [-0.4, -0.2) is 19.4 Å². The molecule has 0 saturated heterocycles. The van der Waals surface area contributed by atoms with Crippen molar-refractivity contribution >= 4 is 11.8 Å². The summed E-state index contributed by atoms with van der Waals surface area (Å²) in [6.45, 7) is 1.45. The van der Waals surface area contributed by atoms with E-state index in [-0.39, 0.29) is 4.75 Å². The van der Waals surface area contributed by atoms with Crippen LogP contribution in [0.3, 0.4) is 0 Å². The number of para-hydroxylation sites is 1. The molecule has 0 amide bonds. The normalized spacial score (nSPS) is 25.3. The zero-order chi connectivity index (χ0) is 10.0. The van der Waals surface area contributed by atoms with Crippen LogP contribution in [-0.2, 0) is 4.75 Å². The predicted octanol–water partition coefficient (Wildman–Crippen LogP) is 1.99. The smallest absolute Gasteiger partial charge is 0.123 e. The summed E-state index contributed by atoms with van der Waals surface area (Å²) in [6, 6.07) is 8.20. The Morgan fingerprint density at radius 1 is 1.50 bits per heavy atom. The van der Waals surface area contributed by atoms with Gasteiger partial charge in [-0.15, -0.1) is 0 Å². The Hall–Kier alpha value is -0.670. The zero-order valence-electron chi connectivity index (χ0n) is 8.32. The summed E-state index contributed by atoms with van der Waals surface area (Å²) in [4.78, 5) is 0. The second kappa shape index (κ2) is 3.83. The topological polar surface area (TPSA) is 35.2 Å². The number of ether oxygens (including phenoxy) is 1. The fourth-order valence-electron chi connectivity index (χ4n) is 1.94. The van der Waals surface area contributed by atoms with Gasteiger partial charge in [-0.1, -0.05) is 18.2 Å². The third-order valence-electron chi connectivity index (χ3n) is 2.86. The minimum Gasteiger partial charge on any atom is -0.493 e. The lowest BCUT2D eigenvalue weighted by Gasteiger charge is -2.36. The van der Waals surface area contributed by atoms with Gasteiger partial charge in [-0.2, -0.15) is 11.8 Å². The Morgan fingerprint density at radius 2 is 2.29 bits per heavy atom. The maximum atomic E-state index is 5.89. The number of benzene rings is 1. The van der Waals surface area contributed by atoms with Crippen LogP contribution in [0.1, 0.15) is 12.0 Å². The molecule has 76 valence electrons. The summed E-state index contributed by atoms with van der Waals surface area (Å²) >= 11 is 1.83. The summed E-state index contributed by atoms with van der Waals surface area (Å²) in [6.07, 6.45) is 3.12. The van der Waals surface area contributed by atoms with E-state index < -0.39 is 0 Å². The van der Waals surface area contributed by atoms with Crippen molar-refractivity contribution in [3.8, 4) is 5.75 Å². The summed E-state index contributed by atoms with van der Waals surface area (Å²) in [5, 5.41) is 0. The quantitative estimate of drug-likeness (QED) is 0.809. The van der Waals surface area contributed by atoms with Crippen molar-refractivity contribution < 1.29 is 4.74 Å². The van der Waals surface area contributed by atoms with E-state index in [1.807, 2.05) is 30.0 Å². The van der Waals surface area contributed by atoms with Gasteiger partial charge in [-0.25, -0.2) is 0 Å². The van der Waals surface area contributed by atoms with Crippen molar-refractivity contribution in [2.75, 3.05) is 19.4 Å². The fraction of sp³-hybridized carbons (Fsp3) is 0.455. The lowest BCUT2D eigenvalue weighted by atomic mass is 9.92. The molecule has 0 fully saturated rings. The molecule has 1 aromatic carbocycles. The van der Waals surface area contributed by atoms with Gasteiger partial charge in [-0.05, 0) is 12.3 Å². The Balaban J connectivity index is 2.48. The summed E-state index contributed by atoms with van der Waals surface area (Å²) in [5.41, 5.74) is 7.14. The number of hydrogen-bond donors (Lipinski definition) is 1. The third kappa shape index (κ3) is 1.41. The molecule has 1 heterocycles. The molecule has 2 nitrogen and oxygen atoms in total. The zero-order valence-corrected chi connectivity index (χ0v) is 9.14. The van der Waals surface area contributed by atoms with Crippen molar-refractivity contribution in [1.82, 2.24) is 0 Å². The summed E-state index contributed by atoms with van der Waals surface area (Å²) in [5.74, 6) is 0.999. The first-order valence-corrected chi connectivity index (χ1v) is 6.02. The van der Waals surface area contributed by atoms with Crippen molar-refractivity contribution in [3.63, 3.8) is 0 Å². The molecule has 1 aliphatic rings. The Bertz CT molecular complexity index is 323. The summed E-state index contributed by atoms with van der Waals surface area (Å²) in [7, 11) is 0. The second-order valence-electron chi connectivity index (χ2n) is 3.50. The molecular weight excluding hydrogens is 194 g/mol. The van der Waals surface area contributed by atoms with Gasteiger partial charge < -0.3 is 10.5 Å². The molecule has 1 aliphatic heterocycles. The van der Waals surface area contributed by atoms with Crippen LogP contribution in [0, 0.1) is 0 Å². The van der Waals surface area contributed by atoms with Crippen LogP contribution >= 0.6 is 11.8 Å². The average molecular weight is 209 g/mol. The Kier molecular flexibility index (Phi) is 2.70. The molecule has 2 N–H and O–H groups in total. The largest absolute Gasteiger partial charge is 0.493 e. The molecule has 1 aromatic rings. The van der Waals surface area contributed by atoms with Gasteiger partial charge in [0.25, 0.3) is 0 Å². The van der Waals surface area contributed by atoms with E-state index in [0.717, 1.165) is 18.8 Å². The lowest BCUT2D eigenvalue weighted by molar-refractivity contribution is 0.258. The first kappa shape index (κ1) is 9.87. The number of nitrogens with two attached hydrogens (primary N) is 1. The highest BCUT2D eigenvalue weighted by molar-refractivity contribution is 7.99. The van der Waals surface area contributed by atoms with Gasteiger partial charge in [0.15, 0.2) is 0 Å². The first-order chi connectivity index (χ1) is 6.82. The minimum atomic E-state index is 0.0643. The van der Waals surface area contributed by atoms with Crippen LogP contribution < -0.4 is 10.5 Å². The van der Waals surface area contributed by atoms with E-state index in [4.69, 9.17) is 10.5 Å². The highest BCUT2D eigenvalue weighted by Gasteiger charge is 2.35. The van der Waals surface area contributed by atoms with Crippen LogP contribution in [0.15, 0.2) is 24.3 Å². The van der Waals surface area contributed by atoms with Gasteiger partial charge in [0.1, 0.15) is 5.75 Å². The monoisotopic (exact) mass is 209 g/mol. The average Bonchev–Trinajstić information content (AvgIpc) is 2.28. The van der Waals surface area contributed by atoms with E-state index in [9.17, 15) is 0 Å². The molecule has 0 aromatic heterocycles. The van der Waals surface area contributed by atoms with Gasteiger partial charge in [0.05, 0.1) is 11.4 Å². The van der Waals surface area contributed by atoms with Crippen molar-refractivity contribution in [2.45, 2.75) is 11.2 Å². The van der Waals surface area contributed by atoms with Crippen LogP contribution in [0.25, 0.3) is 0 Å². The molecule has 0 bridgehead atoms. The predicted molar refractivity (Wildman–Crippen MR) is 60.8 cm³/mol. The number of fused-ring (bicyclic) bond motifs is 1. The van der Waals surface area contributed by atoms with Crippen LogP contribution in [0.2, 0.25) is 0 Å². The highest BCUT2D eigenvalue weighted by atomic mass is 32.2. The van der Waals surface area contributed by atoms with Gasteiger partial charge in [0.2, 0.25) is 0 Å². The van der Waals surface area contributed by atoms with Crippen molar-refractivity contribution in [3.05, 3.63) is 29.8 Å². The van der Waals surface area contributed by atoms with Gasteiger partial charge >= 0.3 is 0 Å².